The topological polar surface area (TPSA) is 17.1 Å². The van der Waals surface area contributed by atoms with Gasteiger partial charge in [-0.1, -0.05) is 32.1 Å². The molecule has 0 aliphatic heterocycles. The molecule has 0 bridgehead atoms. The summed E-state index contributed by atoms with van der Waals surface area (Å²) in [5, 5.41) is -0.508. The fourth-order valence-corrected chi connectivity index (χ4v) is 2.93. The number of thioether (sulfide) groups is 1. The van der Waals surface area contributed by atoms with Gasteiger partial charge in [0.15, 0.2) is 0 Å². The van der Waals surface area contributed by atoms with Gasteiger partial charge in [0.05, 0.1) is 0 Å². The van der Waals surface area contributed by atoms with Gasteiger partial charge in [-0.2, -0.15) is 13.2 Å². The highest BCUT2D eigenvalue weighted by Crippen LogP contribution is 2.49. The molecule has 1 rings (SSSR count). The Morgan fingerprint density at radius 2 is 2.17 bits per heavy atom. The van der Waals surface area contributed by atoms with Gasteiger partial charge in [-0.15, -0.1) is 0 Å². The SMILES string of the molecule is CC(C)C1(SC(F)(F)F)C=CC(CC(=O)Cl)=CC1. The predicted molar refractivity (Wildman–Crippen MR) is 68.5 cm³/mol. The zero-order chi connectivity index (χ0) is 14.0. The molecule has 0 spiro atoms. The first-order valence-corrected chi connectivity index (χ1v) is 6.67. The Hall–Kier alpha value is -0.420. The molecule has 0 saturated heterocycles. The Morgan fingerprint density at radius 3 is 2.50 bits per heavy atom. The Kier molecular flexibility index (Phi) is 4.95. The van der Waals surface area contributed by atoms with Crippen LogP contribution < -0.4 is 0 Å². The summed E-state index contributed by atoms with van der Waals surface area (Å²) in [4.78, 5) is 10.7. The number of carbonyl (C=O) groups is 1. The van der Waals surface area contributed by atoms with Crippen LogP contribution in [0.4, 0.5) is 13.2 Å². The molecule has 1 unspecified atom stereocenters. The van der Waals surface area contributed by atoms with E-state index in [2.05, 4.69) is 0 Å². The molecule has 0 heterocycles. The van der Waals surface area contributed by atoms with Crippen LogP contribution in [-0.2, 0) is 4.79 Å². The average Bonchev–Trinajstić information content (AvgIpc) is 2.18. The molecule has 0 fully saturated rings. The van der Waals surface area contributed by atoms with Crippen molar-refractivity contribution in [3.05, 3.63) is 23.8 Å². The lowest BCUT2D eigenvalue weighted by Crippen LogP contribution is -2.33. The van der Waals surface area contributed by atoms with Crippen LogP contribution in [0.1, 0.15) is 26.7 Å². The fraction of sp³-hybridized carbons (Fsp3) is 0.583. The quantitative estimate of drug-likeness (QED) is 0.701. The van der Waals surface area contributed by atoms with E-state index in [-0.39, 0.29) is 30.5 Å². The van der Waals surface area contributed by atoms with Gasteiger partial charge in [0, 0.05) is 11.2 Å². The number of carbonyl (C=O) groups excluding carboxylic acids is 1. The van der Waals surface area contributed by atoms with Crippen LogP contribution in [-0.4, -0.2) is 15.5 Å². The summed E-state index contributed by atoms with van der Waals surface area (Å²) in [6, 6.07) is 0. The van der Waals surface area contributed by atoms with E-state index in [1.54, 1.807) is 32.1 Å². The molecule has 0 aromatic carbocycles. The highest BCUT2D eigenvalue weighted by molar-refractivity contribution is 8.01. The standard InChI is InChI=1S/C12H14ClF3OS/c1-8(2)11(18-12(14,15)16)5-3-9(4-6-11)7-10(13)17/h3-5,8H,6-7H2,1-2H3. The van der Waals surface area contributed by atoms with E-state index in [9.17, 15) is 18.0 Å². The van der Waals surface area contributed by atoms with Crippen molar-refractivity contribution < 1.29 is 18.0 Å². The van der Waals surface area contributed by atoms with Crippen molar-refractivity contribution in [1.82, 2.24) is 0 Å². The van der Waals surface area contributed by atoms with E-state index < -0.39 is 15.5 Å². The van der Waals surface area contributed by atoms with E-state index >= 15 is 0 Å². The molecule has 0 aromatic rings. The molecule has 0 N–H and O–H groups in total. The third kappa shape index (κ3) is 4.35. The molecule has 102 valence electrons. The lowest BCUT2D eigenvalue weighted by molar-refractivity contribution is -0.111. The summed E-state index contributed by atoms with van der Waals surface area (Å²) in [7, 11) is 0. The Bertz CT molecular complexity index is 387. The number of rotatable bonds is 4. The summed E-state index contributed by atoms with van der Waals surface area (Å²) in [5.74, 6) is -0.162. The average molecular weight is 299 g/mol. The van der Waals surface area contributed by atoms with Crippen LogP contribution in [0.25, 0.3) is 0 Å². The third-order valence-electron chi connectivity index (χ3n) is 2.89. The van der Waals surface area contributed by atoms with Crippen molar-refractivity contribution in [3.63, 3.8) is 0 Å². The molecular formula is C12H14ClF3OS. The van der Waals surface area contributed by atoms with E-state index in [4.69, 9.17) is 11.6 Å². The third-order valence-corrected chi connectivity index (χ3v) is 4.41. The maximum Gasteiger partial charge on any atom is 0.442 e. The molecule has 18 heavy (non-hydrogen) atoms. The Balaban J connectivity index is 2.85. The number of hydrogen-bond donors (Lipinski definition) is 0. The van der Waals surface area contributed by atoms with Gasteiger partial charge in [-0.3, -0.25) is 4.79 Å². The van der Waals surface area contributed by atoms with Crippen molar-refractivity contribution in [1.29, 1.82) is 0 Å². The largest absolute Gasteiger partial charge is 0.442 e. The summed E-state index contributed by atoms with van der Waals surface area (Å²) in [6.07, 6.45) is 5.10. The summed E-state index contributed by atoms with van der Waals surface area (Å²) in [6.45, 7) is 3.52. The van der Waals surface area contributed by atoms with E-state index in [0.717, 1.165) is 0 Å². The minimum Gasteiger partial charge on any atom is -0.281 e. The maximum absolute atomic E-state index is 12.6. The van der Waals surface area contributed by atoms with Gasteiger partial charge in [0.2, 0.25) is 5.24 Å². The zero-order valence-electron chi connectivity index (χ0n) is 10.1. The Labute approximate surface area is 113 Å². The molecule has 1 atom stereocenters. The predicted octanol–water partition coefficient (Wildman–Crippen LogP) is 4.68. The second-order valence-electron chi connectivity index (χ2n) is 4.51. The van der Waals surface area contributed by atoms with Gasteiger partial charge < -0.3 is 0 Å². The number of halogens is 4. The molecule has 1 aliphatic carbocycles. The molecule has 0 radical (unpaired) electrons. The second-order valence-corrected chi connectivity index (χ2v) is 6.35. The maximum atomic E-state index is 12.6. The molecular weight excluding hydrogens is 285 g/mol. The van der Waals surface area contributed by atoms with Gasteiger partial charge in [-0.05, 0) is 41.3 Å². The highest BCUT2D eigenvalue weighted by Gasteiger charge is 2.44. The first-order valence-electron chi connectivity index (χ1n) is 5.48. The van der Waals surface area contributed by atoms with Gasteiger partial charge >= 0.3 is 5.51 Å². The first-order chi connectivity index (χ1) is 8.15. The number of alkyl halides is 3. The highest BCUT2D eigenvalue weighted by atomic mass is 35.5. The van der Waals surface area contributed by atoms with Crippen molar-refractivity contribution in [2.45, 2.75) is 36.9 Å². The van der Waals surface area contributed by atoms with Crippen LogP contribution in [0, 0.1) is 5.92 Å². The second kappa shape index (κ2) is 5.70. The molecule has 0 saturated carbocycles. The summed E-state index contributed by atoms with van der Waals surface area (Å²) >= 11 is 5.26. The van der Waals surface area contributed by atoms with Crippen LogP contribution in [0.5, 0.6) is 0 Å². The minimum atomic E-state index is -4.28. The van der Waals surface area contributed by atoms with Crippen LogP contribution >= 0.6 is 23.4 Å². The van der Waals surface area contributed by atoms with Crippen molar-refractivity contribution in [2.75, 3.05) is 0 Å². The van der Waals surface area contributed by atoms with E-state index in [1.165, 1.54) is 0 Å². The summed E-state index contributed by atoms with van der Waals surface area (Å²) < 4.78 is 36.8. The molecule has 0 amide bonds. The van der Waals surface area contributed by atoms with Crippen molar-refractivity contribution in [2.24, 2.45) is 5.92 Å². The molecule has 1 aliphatic rings. The monoisotopic (exact) mass is 298 g/mol. The van der Waals surface area contributed by atoms with Crippen LogP contribution in [0.15, 0.2) is 23.8 Å². The lowest BCUT2D eigenvalue weighted by atomic mass is 9.86. The smallest absolute Gasteiger partial charge is 0.281 e. The van der Waals surface area contributed by atoms with Crippen LogP contribution in [0.2, 0.25) is 0 Å². The van der Waals surface area contributed by atoms with Gasteiger partial charge in [-0.25, -0.2) is 0 Å². The number of allylic oxidation sites excluding steroid dienone is 3. The first kappa shape index (κ1) is 15.6. The molecule has 1 nitrogen and oxygen atoms in total. The van der Waals surface area contributed by atoms with Crippen molar-refractivity contribution >= 4 is 28.6 Å². The molecule has 6 heteroatoms. The van der Waals surface area contributed by atoms with Gasteiger partial charge in [0.25, 0.3) is 0 Å². The van der Waals surface area contributed by atoms with E-state index in [0.29, 0.717) is 5.57 Å². The minimum absolute atomic E-state index is 0.00486. The van der Waals surface area contributed by atoms with Crippen molar-refractivity contribution in [3.8, 4) is 0 Å². The van der Waals surface area contributed by atoms with Crippen LogP contribution in [0.3, 0.4) is 0 Å². The fourth-order valence-electron chi connectivity index (χ4n) is 1.80. The lowest BCUT2D eigenvalue weighted by Gasteiger charge is -2.36. The summed E-state index contributed by atoms with van der Waals surface area (Å²) in [5.41, 5.74) is -3.60. The number of hydrogen-bond acceptors (Lipinski definition) is 2. The molecule has 0 aromatic heterocycles. The zero-order valence-corrected chi connectivity index (χ0v) is 11.6. The Morgan fingerprint density at radius 1 is 1.56 bits per heavy atom. The van der Waals surface area contributed by atoms with Gasteiger partial charge in [0.1, 0.15) is 0 Å². The normalized spacial score (nSPS) is 24.3. The van der Waals surface area contributed by atoms with E-state index in [1.807, 2.05) is 0 Å².